The lowest BCUT2D eigenvalue weighted by atomic mass is 10.1. The van der Waals surface area contributed by atoms with E-state index in [1.807, 2.05) is 43.5 Å². The molecule has 3 aromatic carbocycles. The second-order valence-electron chi connectivity index (χ2n) is 9.11. The highest BCUT2D eigenvalue weighted by atomic mass is 79.9. The number of nitrogens with one attached hydrogen (secondary N) is 1. The zero-order valence-corrected chi connectivity index (χ0v) is 25.4. The Morgan fingerprint density at radius 1 is 1.10 bits per heavy atom. The number of unbranched alkanes of at least 4 members (excludes halogenated alkanes) is 1. The van der Waals surface area contributed by atoms with E-state index in [1.54, 1.807) is 30.3 Å². The Kier molecular flexibility index (Phi) is 9.89. The quantitative estimate of drug-likeness (QED) is 0.106. The van der Waals surface area contributed by atoms with Crippen LogP contribution in [-0.2, 0) is 9.53 Å². The van der Waals surface area contributed by atoms with Crippen molar-refractivity contribution >= 4 is 56.9 Å². The summed E-state index contributed by atoms with van der Waals surface area (Å²) in [6.45, 7) is 6.31. The number of halogens is 2. The maximum absolute atomic E-state index is 12.9. The molecular weight excluding hydrogens is 616 g/mol. The van der Waals surface area contributed by atoms with Gasteiger partial charge >= 0.3 is 5.97 Å². The Bertz CT molecular complexity index is 1560. The monoisotopic (exact) mass is 642 g/mol. The Morgan fingerprint density at radius 3 is 2.65 bits per heavy atom. The molecular formula is C29H28BrClN4O4S. The minimum atomic E-state index is -0.533. The first kappa shape index (κ1) is 29.6. The number of hydrogen-bond acceptors (Lipinski definition) is 7. The van der Waals surface area contributed by atoms with Gasteiger partial charge in [-0.3, -0.25) is 9.36 Å². The first-order chi connectivity index (χ1) is 19.2. The summed E-state index contributed by atoms with van der Waals surface area (Å²) in [5, 5.41) is 22.9. The lowest BCUT2D eigenvalue weighted by Crippen LogP contribution is -2.15. The second-order valence-corrected chi connectivity index (χ2v) is 11.4. The van der Waals surface area contributed by atoms with Gasteiger partial charge in [0.2, 0.25) is 5.91 Å². The number of carbonyl (C=O) groups excluding carboxylic acids is 2. The van der Waals surface area contributed by atoms with Crippen molar-refractivity contribution in [1.29, 1.82) is 0 Å². The molecule has 1 aromatic heterocycles. The van der Waals surface area contributed by atoms with Gasteiger partial charge in [0.25, 0.3) is 0 Å². The fourth-order valence-electron chi connectivity index (χ4n) is 3.97. The third kappa shape index (κ3) is 7.04. The van der Waals surface area contributed by atoms with Gasteiger partial charge in [0.1, 0.15) is 5.75 Å². The highest BCUT2D eigenvalue weighted by molar-refractivity contribution is 9.10. The summed E-state index contributed by atoms with van der Waals surface area (Å²) in [5.74, 6) is -0.319. The van der Waals surface area contributed by atoms with Gasteiger partial charge in [-0.25, -0.2) is 4.79 Å². The number of thioether (sulfide) groups is 1. The van der Waals surface area contributed by atoms with Crippen LogP contribution in [0.4, 0.5) is 5.69 Å². The van der Waals surface area contributed by atoms with E-state index < -0.39 is 5.97 Å². The number of aromatic nitrogens is 3. The van der Waals surface area contributed by atoms with Gasteiger partial charge in [-0.15, -0.1) is 10.2 Å². The van der Waals surface area contributed by atoms with Gasteiger partial charge < -0.3 is 15.2 Å². The SMILES string of the molecule is CCCCOC(=O)c1cc(NC(=O)CSc2nnc(-c3cc(Br)ccc3O)n2-c2ccc(C)cc2C)ccc1Cl. The van der Waals surface area contributed by atoms with Crippen LogP contribution in [0.2, 0.25) is 5.02 Å². The average molecular weight is 644 g/mol. The van der Waals surface area contributed by atoms with E-state index in [0.29, 0.717) is 28.8 Å². The molecule has 0 saturated heterocycles. The average Bonchev–Trinajstić information content (AvgIpc) is 3.33. The van der Waals surface area contributed by atoms with Crippen molar-refractivity contribution in [3.8, 4) is 22.8 Å². The van der Waals surface area contributed by atoms with Gasteiger partial charge in [-0.05, 0) is 68.3 Å². The molecule has 0 aliphatic carbocycles. The van der Waals surface area contributed by atoms with E-state index in [9.17, 15) is 14.7 Å². The Morgan fingerprint density at radius 2 is 1.90 bits per heavy atom. The molecule has 11 heteroatoms. The van der Waals surface area contributed by atoms with Crippen LogP contribution in [-0.4, -0.2) is 44.1 Å². The maximum atomic E-state index is 12.9. The van der Waals surface area contributed by atoms with E-state index in [2.05, 4.69) is 31.4 Å². The number of aryl methyl sites for hydroxylation is 2. The topological polar surface area (TPSA) is 106 Å². The normalized spacial score (nSPS) is 10.9. The number of aromatic hydroxyl groups is 1. The fraction of sp³-hybridized carbons (Fsp3) is 0.241. The van der Waals surface area contributed by atoms with Gasteiger partial charge in [-0.2, -0.15) is 0 Å². The van der Waals surface area contributed by atoms with Crippen LogP contribution in [0.5, 0.6) is 5.75 Å². The van der Waals surface area contributed by atoms with Crippen molar-refractivity contribution in [3.05, 3.63) is 80.8 Å². The molecule has 0 bridgehead atoms. The standard InChI is InChI=1S/C29H28BrClN4O4S/c1-4-5-12-39-28(38)21-15-20(8-9-23(21)31)32-26(37)16-40-29-34-33-27(22-14-19(30)7-11-25(22)36)35(29)24-10-6-17(2)13-18(24)3/h6-11,13-15,36H,4-5,12,16H2,1-3H3,(H,32,37). The third-order valence-electron chi connectivity index (χ3n) is 5.96. The molecule has 0 spiro atoms. The number of ether oxygens (including phenoxy) is 1. The molecule has 0 atom stereocenters. The van der Waals surface area contributed by atoms with Crippen LogP contribution >= 0.6 is 39.3 Å². The summed E-state index contributed by atoms with van der Waals surface area (Å²) < 4.78 is 7.88. The van der Waals surface area contributed by atoms with Crippen LogP contribution in [0, 0.1) is 13.8 Å². The van der Waals surface area contributed by atoms with E-state index in [0.717, 1.165) is 34.1 Å². The molecule has 40 heavy (non-hydrogen) atoms. The first-order valence-electron chi connectivity index (χ1n) is 12.6. The lowest BCUT2D eigenvalue weighted by molar-refractivity contribution is -0.113. The summed E-state index contributed by atoms with van der Waals surface area (Å²) in [4.78, 5) is 25.3. The van der Waals surface area contributed by atoms with Crippen LogP contribution in [0.3, 0.4) is 0 Å². The molecule has 8 nitrogen and oxygen atoms in total. The fourth-order valence-corrected chi connectivity index (χ4v) is 5.27. The third-order valence-corrected chi connectivity index (χ3v) is 7.71. The molecule has 208 valence electrons. The first-order valence-corrected chi connectivity index (χ1v) is 14.7. The van der Waals surface area contributed by atoms with Gasteiger partial charge in [-0.1, -0.05) is 70.3 Å². The zero-order chi connectivity index (χ0) is 28.8. The molecule has 4 rings (SSSR count). The Balaban J connectivity index is 1.57. The smallest absolute Gasteiger partial charge is 0.339 e. The molecule has 0 saturated carbocycles. The number of carbonyl (C=O) groups is 2. The number of hydrogen-bond donors (Lipinski definition) is 2. The number of esters is 1. The molecule has 1 heterocycles. The maximum Gasteiger partial charge on any atom is 0.339 e. The van der Waals surface area contributed by atoms with E-state index in [-0.39, 0.29) is 28.0 Å². The predicted octanol–water partition coefficient (Wildman–Crippen LogP) is 7.36. The summed E-state index contributed by atoms with van der Waals surface area (Å²) in [7, 11) is 0. The number of rotatable bonds is 10. The number of anilines is 1. The number of amides is 1. The number of nitrogens with zero attached hydrogens (tertiary/aromatic N) is 3. The second kappa shape index (κ2) is 13.3. The van der Waals surface area contributed by atoms with Gasteiger partial charge in [0, 0.05) is 10.2 Å². The molecule has 1 amide bonds. The summed E-state index contributed by atoms with van der Waals surface area (Å²) in [6.07, 6.45) is 1.66. The van der Waals surface area contributed by atoms with Crippen molar-refractivity contribution < 1.29 is 19.4 Å². The molecule has 0 radical (unpaired) electrons. The molecule has 2 N–H and O–H groups in total. The van der Waals surface area contributed by atoms with Crippen molar-refractivity contribution in [1.82, 2.24) is 14.8 Å². The number of benzene rings is 3. The van der Waals surface area contributed by atoms with E-state index in [1.165, 1.54) is 17.8 Å². The van der Waals surface area contributed by atoms with Crippen LogP contribution in [0.25, 0.3) is 17.1 Å². The molecule has 0 unspecified atom stereocenters. The summed E-state index contributed by atoms with van der Waals surface area (Å²) in [6, 6.07) is 15.8. The summed E-state index contributed by atoms with van der Waals surface area (Å²) in [5.41, 5.74) is 4.03. The van der Waals surface area contributed by atoms with Crippen LogP contribution in [0.1, 0.15) is 41.3 Å². The van der Waals surface area contributed by atoms with Crippen molar-refractivity contribution in [2.75, 3.05) is 17.7 Å². The minimum Gasteiger partial charge on any atom is -0.507 e. The highest BCUT2D eigenvalue weighted by Gasteiger charge is 2.21. The van der Waals surface area contributed by atoms with E-state index in [4.69, 9.17) is 16.3 Å². The van der Waals surface area contributed by atoms with E-state index >= 15 is 0 Å². The molecule has 0 fully saturated rings. The predicted molar refractivity (Wildman–Crippen MR) is 162 cm³/mol. The molecule has 0 aliphatic rings. The minimum absolute atomic E-state index is 0.0203. The molecule has 4 aromatic rings. The molecule has 0 aliphatic heterocycles. The largest absolute Gasteiger partial charge is 0.507 e. The van der Waals surface area contributed by atoms with Crippen molar-refractivity contribution in [2.45, 2.75) is 38.8 Å². The highest BCUT2D eigenvalue weighted by Crippen LogP contribution is 2.35. The van der Waals surface area contributed by atoms with Crippen LogP contribution < -0.4 is 5.32 Å². The van der Waals surface area contributed by atoms with Crippen molar-refractivity contribution in [2.24, 2.45) is 0 Å². The van der Waals surface area contributed by atoms with Crippen molar-refractivity contribution in [3.63, 3.8) is 0 Å². The van der Waals surface area contributed by atoms with Gasteiger partial charge in [0.05, 0.1) is 34.2 Å². The summed E-state index contributed by atoms with van der Waals surface area (Å²) >= 11 is 10.9. The number of phenolic OH excluding ortho intramolecular Hbond substituents is 1. The number of phenols is 1. The Labute approximate surface area is 250 Å². The Hall–Kier alpha value is -3.34. The lowest BCUT2D eigenvalue weighted by Gasteiger charge is -2.14. The zero-order valence-electron chi connectivity index (χ0n) is 22.2. The van der Waals surface area contributed by atoms with Crippen LogP contribution in [0.15, 0.2) is 64.2 Å². The van der Waals surface area contributed by atoms with Gasteiger partial charge in [0.15, 0.2) is 11.0 Å².